The van der Waals surface area contributed by atoms with Gasteiger partial charge in [-0.1, -0.05) is 64.3 Å². The van der Waals surface area contributed by atoms with E-state index >= 15 is 0 Å². The number of rotatable bonds is 16. The fourth-order valence-corrected chi connectivity index (χ4v) is 3.77. The molecule has 1 aliphatic rings. The maximum Gasteiger partial charge on any atom is 0.242 e. The van der Waals surface area contributed by atoms with Gasteiger partial charge in [0.05, 0.1) is 13.2 Å². The van der Waals surface area contributed by atoms with Gasteiger partial charge in [-0.05, 0) is 56.1 Å². The van der Waals surface area contributed by atoms with Gasteiger partial charge in [-0.3, -0.25) is 9.59 Å². The number of carbonyl (C=O) groups is 2. The van der Waals surface area contributed by atoms with Crippen LogP contribution in [0.25, 0.3) is 0 Å². The molecular weight excluding hydrogens is 414 g/mol. The van der Waals surface area contributed by atoms with E-state index < -0.39 is 6.04 Å². The quantitative estimate of drug-likeness (QED) is 0.323. The lowest BCUT2D eigenvalue weighted by Gasteiger charge is -2.21. The SMILES string of the molecule is CC=C(CC)NCC(=O)NC(CC1CC1)C(=O)NCC(C)Cc1ccccc1OCCCC. The molecule has 2 atom stereocenters. The summed E-state index contributed by atoms with van der Waals surface area (Å²) in [5, 5.41) is 9.15. The third-order valence-electron chi connectivity index (χ3n) is 6.04. The van der Waals surface area contributed by atoms with Crippen LogP contribution in [0.15, 0.2) is 36.0 Å². The largest absolute Gasteiger partial charge is 0.493 e. The van der Waals surface area contributed by atoms with Crippen molar-refractivity contribution >= 4 is 11.8 Å². The first-order valence-corrected chi connectivity index (χ1v) is 12.6. The highest BCUT2D eigenvalue weighted by molar-refractivity contribution is 5.88. The van der Waals surface area contributed by atoms with Gasteiger partial charge in [-0.25, -0.2) is 0 Å². The third-order valence-corrected chi connectivity index (χ3v) is 6.04. The predicted molar refractivity (Wildman–Crippen MR) is 134 cm³/mol. The Labute approximate surface area is 199 Å². The topological polar surface area (TPSA) is 79.5 Å². The van der Waals surface area contributed by atoms with Gasteiger partial charge < -0.3 is 20.7 Å². The summed E-state index contributed by atoms with van der Waals surface area (Å²) in [5.74, 6) is 1.50. The van der Waals surface area contributed by atoms with E-state index in [0.717, 1.165) is 56.6 Å². The highest BCUT2D eigenvalue weighted by atomic mass is 16.5. The number of amides is 2. The molecule has 6 nitrogen and oxygen atoms in total. The number of benzene rings is 1. The fraction of sp³-hybridized carbons (Fsp3) is 0.630. The Hall–Kier alpha value is -2.50. The molecule has 0 saturated heterocycles. The van der Waals surface area contributed by atoms with Crippen LogP contribution >= 0.6 is 0 Å². The molecule has 0 radical (unpaired) electrons. The highest BCUT2D eigenvalue weighted by Crippen LogP contribution is 2.33. The summed E-state index contributed by atoms with van der Waals surface area (Å²) in [7, 11) is 0. The minimum Gasteiger partial charge on any atom is -0.493 e. The summed E-state index contributed by atoms with van der Waals surface area (Å²) in [6.45, 7) is 9.75. The third kappa shape index (κ3) is 10.3. The molecule has 2 amide bonds. The molecule has 1 saturated carbocycles. The zero-order valence-corrected chi connectivity index (χ0v) is 20.9. The van der Waals surface area contributed by atoms with Crippen molar-refractivity contribution in [1.82, 2.24) is 16.0 Å². The van der Waals surface area contributed by atoms with E-state index in [2.05, 4.69) is 35.9 Å². The van der Waals surface area contributed by atoms with Crippen molar-refractivity contribution in [2.24, 2.45) is 11.8 Å². The Kier molecular flexibility index (Phi) is 11.8. The molecule has 0 aromatic heterocycles. The van der Waals surface area contributed by atoms with Crippen molar-refractivity contribution in [3.8, 4) is 5.75 Å². The first-order valence-electron chi connectivity index (χ1n) is 12.6. The van der Waals surface area contributed by atoms with Crippen LogP contribution in [-0.4, -0.2) is 37.6 Å². The molecule has 184 valence electrons. The number of ether oxygens (including phenoxy) is 1. The fourth-order valence-electron chi connectivity index (χ4n) is 3.77. The smallest absolute Gasteiger partial charge is 0.242 e. The van der Waals surface area contributed by atoms with E-state index in [0.29, 0.717) is 18.9 Å². The van der Waals surface area contributed by atoms with Crippen LogP contribution in [0.5, 0.6) is 5.75 Å². The standard InChI is InChI=1S/C27H43N3O3/c1-5-8-15-33-25-12-10-9-11-22(25)16-20(4)18-29-27(32)24(17-21-13-14-21)30-26(31)19-28-23(6-2)7-3/h6,9-12,20-21,24,28H,5,7-8,13-19H2,1-4H3,(H,29,32)(H,30,31). The second kappa shape index (κ2) is 14.6. The van der Waals surface area contributed by atoms with E-state index in [1.54, 1.807) is 0 Å². The van der Waals surface area contributed by atoms with E-state index in [1.807, 2.05) is 38.1 Å². The molecule has 0 heterocycles. The van der Waals surface area contributed by atoms with Crippen molar-refractivity contribution in [2.45, 2.75) is 78.7 Å². The molecule has 0 aliphatic heterocycles. The molecule has 2 rings (SSSR count). The summed E-state index contributed by atoms with van der Waals surface area (Å²) in [4.78, 5) is 25.3. The van der Waals surface area contributed by atoms with E-state index in [4.69, 9.17) is 4.74 Å². The van der Waals surface area contributed by atoms with Crippen LogP contribution in [-0.2, 0) is 16.0 Å². The van der Waals surface area contributed by atoms with Crippen molar-refractivity contribution < 1.29 is 14.3 Å². The molecular formula is C27H43N3O3. The number of unbranched alkanes of at least 4 members (excludes halogenated alkanes) is 1. The summed E-state index contributed by atoms with van der Waals surface area (Å²) in [5.41, 5.74) is 2.20. The minimum absolute atomic E-state index is 0.0867. The minimum atomic E-state index is -0.473. The number of carbonyl (C=O) groups excluding carboxylic acids is 2. The second-order valence-electron chi connectivity index (χ2n) is 9.18. The molecule has 1 aromatic carbocycles. The molecule has 0 spiro atoms. The van der Waals surface area contributed by atoms with Gasteiger partial charge in [0.1, 0.15) is 11.8 Å². The zero-order valence-electron chi connectivity index (χ0n) is 20.9. The number of nitrogens with one attached hydrogen (secondary N) is 3. The summed E-state index contributed by atoms with van der Waals surface area (Å²) in [6, 6.07) is 7.66. The summed E-state index contributed by atoms with van der Waals surface area (Å²) < 4.78 is 5.95. The van der Waals surface area contributed by atoms with Crippen LogP contribution in [0.4, 0.5) is 0 Å². The number of hydrogen-bond donors (Lipinski definition) is 3. The Morgan fingerprint density at radius 2 is 1.94 bits per heavy atom. The Balaban J connectivity index is 1.84. The van der Waals surface area contributed by atoms with Gasteiger partial charge in [0.2, 0.25) is 11.8 Å². The number of hydrogen-bond acceptors (Lipinski definition) is 4. The summed E-state index contributed by atoms with van der Waals surface area (Å²) >= 11 is 0. The average Bonchev–Trinajstić information content (AvgIpc) is 3.63. The zero-order chi connectivity index (χ0) is 24.1. The molecule has 1 aromatic rings. The van der Waals surface area contributed by atoms with Crippen LogP contribution in [0.2, 0.25) is 0 Å². The summed E-state index contributed by atoms with van der Waals surface area (Å²) in [6.07, 6.45) is 8.78. The predicted octanol–water partition coefficient (Wildman–Crippen LogP) is 4.35. The maximum absolute atomic E-state index is 12.9. The lowest BCUT2D eigenvalue weighted by molar-refractivity contribution is -0.128. The molecule has 3 N–H and O–H groups in total. The van der Waals surface area contributed by atoms with Crippen LogP contribution in [0, 0.1) is 11.8 Å². The molecule has 33 heavy (non-hydrogen) atoms. The second-order valence-corrected chi connectivity index (χ2v) is 9.18. The normalized spacial score (nSPS) is 15.5. The first kappa shape index (κ1) is 26.7. The van der Waals surface area contributed by atoms with Gasteiger partial charge in [0, 0.05) is 12.2 Å². The number of allylic oxidation sites excluding steroid dienone is 2. The van der Waals surface area contributed by atoms with Gasteiger partial charge in [-0.2, -0.15) is 0 Å². The first-order chi connectivity index (χ1) is 16.0. The highest BCUT2D eigenvalue weighted by Gasteiger charge is 2.30. The Bertz CT molecular complexity index is 774. The van der Waals surface area contributed by atoms with Crippen LogP contribution in [0.1, 0.15) is 71.8 Å². The van der Waals surface area contributed by atoms with E-state index in [1.165, 1.54) is 5.56 Å². The average molecular weight is 458 g/mol. The van der Waals surface area contributed by atoms with E-state index in [9.17, 15) is 9.59 Å². The lowest BCUT2D eigenvalue weighted by atomic mass is 10.00. The number of para-hydroxylation sites is 1. The maximum atomic E-state index is 12.9. The van der Waals surface area contributed by atoms with Crippen LogP contribution in [0.3, 0.4) is 0 Å². The molecule has 0 bridgehead atoms. The molecule has 2 unspecified atom stereocenters. The molecule has 1 fully saturated rings. The van der Waals surface area contributed by atoms with Crippen molar-refractivity contribution in [3.63, 3.8) is 0 Å². The van der Waals surface area contributed by atoms with Gasteiger partial charge >= 0.3 is 0 Å². The van der Waals surface area contributed by atoms with Gasteiger partial charge in [0.25, 0.3) is 0 Å². The Morgan fingerprint density at radius 1 is 1.18 bits per heavy atom. The Morgan fingerprint density at radius 3 is 2.61 bits per heavy atom. The van der Waals surface area contributed by atoms with Gasteiger partial charge in [-0.15, -0.1) is 0 Å². The lowest BCUT2D eigenvalue weighted by Crippen LogP contribution is -2.49. The van der Waals surface area contributed by atoms with Crippen molar-refractivity contribution in [1.29, 1.82) is 0 Å². The van der Waals surface area contributed by atoms with Crippen molar-refractivity contribution in [3.05, 3.63) is 41.6 Å². The van der Waals surface area contributed by atoms with Gasteiger partial charge in [0.15, 0.2) is 0 Å². The van der Waals surface area contributed by atoms with E-state index in [-0.39, 0.29) is 24.3 Å². The monoisotopic (exact) mass is 457 g/mol. The van der Waals surface area contributed by atoms with Crippen LogP contribution < -0.4 is 20.7 Å². The molecule has 1 aliphatic carbocycles. The van der Waals surface area contributed by atoms with Crippen molar-refractivity contribution in [2.75, 3.05) is 19.7 Å². The molecule has 6 heteroatoms.